The first-order valence-electron chi connectivity index (χ1n) is 5.43. The molecule has 0 aliphatic carbocycles. The van der Waals surface area contributed by atoms with Gasteiger partial charge in [-0.15, -0.1) is 0 Å². The first-order chi connectivity index (χ1) is 9.15. The molecule has 7 nitrogen and oxygen atoms in total. The van der Waals surface area contributed by atoms with Crippen molar-refractivity contribution in [3.05, 3.63) is 47.9 Å². The number of aromatic carboxylic acids is 1. The maximum atomic E-state index is 11.5. The number of aromatic nitrogens is 1. The largest absolute Gasteiger partial charge is 0.476 e. The molecule has 1 heterocycles. The molecule has 2 aromatic rings. The predicted molar refractivity (Wildman–Crippen MR) is 65.8 cm³/mol. The van der Waals surface area contributed by atoms with E-state index in [4.69, 9.17) is 9.52 Å². The lowest BCUT2D eigenvalue weighted by molar-refractivity contribution is 0.0690. The van der Waals surface area contributed by atoms with Crippen molar-refractivity contribution in [1.29, 1.82) is 0 Å². The number of hydrogen-bond donors (Lipinski definition) is 3. The number of hydrogen-bond acceptors (Lipinski definition) is 4. The molecule has 0 fully saturated rings. The summed E-state index contributed by atoms with van der Waals surface area (Å²) < 4.78 is 4.78. The summed E-state index contributed by atoms with van der Waals surface area (Å²) in [5.74, 6) is -1.22. The maximum Gasteiger partial charge on any atom is 0.357 e. The van der Waals surface area contributed by atoms with Crippen LogP contribution in [0.2, 0.25) is 0 Å². The van der Waals surface area contributed by atoms with Crippen molar-refractivity contribution in [2.24, 2.45) is 0 Å². The molecule has 0 atom stereocenters. The topological polar surface area (TPSA) is 104 Å². The number of anilines is 1. The van der Waals surface area contributed by atoms with E-state index >= 15 is 0 Å². The van der Waals surface area contributed by atoms with E-state index in [0.29, 0.717) is 6.54 Å². The fourth-order valence-electron chi connectivity index (χ4n) is 1.35. The van der Waals surface area contributed by atoms with E-state index in [1.165, 1.54) is 0 Å². The zero-order valence-electron chi connectivity index (χ0n) is 9.79. The van der Waals surface area contributed by atoms with Crippen molar-refractivity contribution in [1.82, 2.24) is 10.3 Å². The summed E-state index contributed by atoms with van der Waals surface area (Å²) in [6.07, 6.45) is 0.954. The first kappa shape index (κ1) is 12.6. The number of rotatable bonds is 4. The van der Waals surface area contributed by atoms with Crippen LogP contribution >= 0.6 is 0 Å². The number of carboxylic acid groups (broad SMARTS) is 1. The van der Waals surface area contributed by atoms with Gasteiger partial charge in [-0.3, -0.25) is 5.32 Å². The fourth-order valence-corrected chi connectivity index (χ4v) is 1.35. The number of nitrogens with one attached hydrogen (secondary N) is 2. The number of carboxylic acids is 1. The van der Waals surface area contributed by atoms with Crippen LogP contribution in [-0.4, -0.2) is 22.1 Å². The van der Waals surface area contributed by atoms with Crippen LogP contribution in [0.3, 0.4) is 0 Å². The number of nitrogens with zero attached hydrogens (tertiary/aromatic N) is 1. The Morgan fingerprint density at radius 2 is 2.00 bits per heavy atom. The van der Waals surface area contributed by atoms with Gasteiger partial charge in [-0.1, -0.05) is 30.3 Å². The van der Waals surface area contributed by atoms with Crippen LogP contribution in [0.25, 0.3) is 0 Å². The normalized spacial score (nSPS) is 9.89. The van der Waals surface area contributed by atoms with Crippen molar-refractivity contribution >= 4 is 18.0 Å². The Balaban J connectivity index is 1.85. The van der Waals surface area contributed by atoms with Crippen LogP contribution in [0.15, 0.2) is 41.0 Å². The molecule has 0 aliphatic heterocycles. The van der Waals surface area contributed by atoms with Gasteiger partial charge in [0.1, 0.15) is 6.26 Å². The molecule has 0 saturated heterocycles. The molecule has 19 heavy (non-hydrogen) atoms. The summed E-state index contributed by atoms with van der Waals surface area (Å²) in [7, 11) is 0. The summed E-state index contributed by atoms with van der Waals surface area (Å²) in [6, 6.07) is 8.65. The number of carbonyl (C=O) groups is 2. The monoisotopic (exact) mass is 261 g/mol. The summed E-state index contributed by atoms with van der Waals surface area (Å²) in [4.78, 5) is 25.6. The smallest absolute Gasteiger partial charge is 0.357 e. The second-order valence-electron chi connectivity index (χ2n) is 3.64. The molecule has 3 N–H and O–H groups in total. The SMILES string of the molecule is O=C(NCc1ccccc1)Nc1nc(C(=O)O)co1. The van der Waals surface area contributed by atoms with E-state index < -0.39 is 12.0 Å². The molecule has 0 bridgehead atoms. The van der Waals surface area contributed by atoms with Crippen LogP contribution in [0.5, 0.6) is 0 Å². The average molecular weight is 261 g/mol. The average Bonchev–Trinajstić information content (AvgIpc) is 2.86. The van der Waals surface area contributed by atoms with E-state index in [1.807, 2.05) is 30.3 Å². The van der Waals surface area contributed by atoms with Gasteiger partial charge in [-0.25, -0.2) is 9.59 Å². The fraction of sp³-hybridized carbons (Fsp3) is 0.0833. The molecule has 98 valence electrons. The van der Waals surface area contributed by atoms with Gasteiger partial charge < -0.3 is 14.8 Å². The minimum atomic E-state index is -1.22. The van der Waals surface area contributed by atoms with Crippen molar-refractivity contribution in [2.45, 2.75) is 6.54 Å². The lowest BCUT2D eigenvalue weighted by Gasteiger charge is -2.04. The Hall–Kier alpha value is -2.83. The number of oxazole rings is 1. The standard InChI is InChI=1S/C12H11N3O4/c16-10(17)9-7-19-12(14-9)15-11(18)13-6-8-4-2-1-3-5-8/h1-5,7H,6H2,(H,16,17)(H2,13,14,15,18). The van der Waals surface area contributed by atoms with Crippen LogP contribution in [-0.2, 0) is 6.54 Å². The Kier molecular flexibility index (Phi) is 3.77. The van der Waals surface area contributed by atoms with Gasteiger partial charge in [0, 0.05) is 6.54 Å². The molecular formula is C12H11N3O4. The maximum absolute atomic E-state index is 11.5. The zero-order chi connectivity index (χ0) is 13.7. The molecule has 0 radical (unpaired) electrons. The Labute approximate surface area is 108 Å². The molecular weight excluding hydrogens is 250 g/mol. The minimum absolute atomic E-state index is 0.164. The van der Waals surface area contributed by atoms with Gasteiger partial charge in [-0.05, 0) is 5.56 Å². The Morgan fingerprint density at radius 3 is 2.63 bits per heavy atom. The Morgan fingerprint density at radius 1 is 1.26 bits per heavy atom. The molecule has 0 spiro atoms. The molecule has 0 saturated carbocycles. The summed E-state index contributed by atoms with van der Waals surface area (Å²) in [5.41, 5.74) is 0.676. The van der Waals surface area contributed by atoms with Gasteiger partial charge in [-0.2, -0.15) is 4.98 Å². The first-order valence-corrected chi connectivity index (χ1v) is 5.43. The molecule has 0 unspecified atom stereocenters. The number of benzene rings is 1. The summed E-state index contributed by atoms with van der Waals surface area (Å²) in [5, 5.41) is 13.5. The van der Waals surface area contributed by atoms with Crippen molar-refractivity contribution in [3.63, 3.8) is 0 Å². The minimum Gasteiger partial charge on any atom is -0.476 e. The van der Waals surface area contributed by atoms with Crippen LogP contribution in [0.4, 0.5) is 10.8 Å². The third-order valence-electron chi connectivity index (χ3n) is 2.24. The molecule has 0 aliphatic rings. The van der Waals surface area contributed by atoms with Gasteiger partial charge >= 0.3 is 18.0 Å². The highest BCUT2D eigenvalue weighted by Crippen LogP contribution is 2.07. The molecule has 2 amide bonds. The van der Waals surface area contributed by atoms with E-state index in [9.17, 15) is 9.59 Å². The molecule has 1 aromatic carbocycles. The highest BCUT2D eigenvalue weighted by atomic mass is 16.4. The van der Waals surface area contributed by atoms with E-state index in [2.05, 4.69) is 15.6 Å². The molecule has 7 heteroatoms. The Bertz CT molecular complexity index is 580. The van der Waals surface area contributed by atoms with E-state index in [0.717, 1.165) is 11.8 Å². The summed E-state index contributed by atoms with van der Waals surface area (Å²) in [6.45, 7) is 0.346. The predicted octanol–water partition coefficient (Wildman–Crippen LogP) is 1.69. The molecule has 2 rings (SSSR count). The van der Waals surface area contributed by atoms with Gasteiger partial charge in [0.25, 0.3) is 0 Å². The van der Waals surface area contributed by atoms with Gasteiger partial charge in [0.15, 0.2) is 5.69 Å². The molecule has 1 aromatic heterocycles. The van der Waals surface area contributed by atoms with E-state index in [-0.39, 0.29) is 11.7 Å². The van der Waals surface area contributed by atoms with E-state index in [1.54, 1.807) is 0 Å². The lowest BCUT2D eigenvalue weighted by atomic mass is 10.2. The second-order valence-corrected chi connectivity index (χ2v) is 3.64. The van der Waals surface area contributed by atoms with Gasteiger partial charge in [0.2, 0.25) is 0 Å². The van der Waals surface area contributed by atoms with Crippen LogP contribution in [0, 0.1) is 0 Å². The van der Waals surface area contributed by atoms with Crippen molar-refractivity contribution in [2.75, 3.05) is 5.32 Å². The van der Waals surface area contributed by atoms with Gasteiger partial charge in [0.05, 0.1) is 0 Å². The summed E-state index contributed by atoms with van der Waals surface area (Å²) >= 11 is 0. The number of amides is 2. The third-order valence-corrected chi connectivity index (χ3v) is 2.24. The zero-order valence-corrected chi connectivity index (χ0v) is 9.79. The number of carbonyl (C=O) groups excluding carboxylic acids is 1. The third kappa shape index (κ3) is 3.56. The van der Waals surface area contributed by atoms with Crippen molar-refractivity contribution < 1.29 is 19.1 Å². The van der Waals surface area contributed by atoms with Crippen LogP contribution < -0.4 is 10.6 Å². The number of urea groups is 1. The lowest BCUT2D eigenvalue weighted by Crippen LogP contribution is -2.28. The highest BCUT2D eigenvalue weighted by Gasteiger charge is 2.12. The quantitative estimate of drug-likeness (QED) is 0.776. The van der Waals surface area contributed by atoms with Crippen molar-refractivity contribution in [3.8, 4) is 0 Å². The second kappa shape index (κ2) is 5.67. The van der Waals surface area contributed by atoms with Crippen LogP contribution in [0.1, 0.15) is 16.1 Å². The highest BCUT2D eigenvalue weighted by molar-refractivity contribution is 5.89.